The molecule has 0 bridgehead atoms. The molecule has 110 valence electrons. The molecule has 0 saturated carbocycles. The zero-order valence-electron chi connectivity index (χ0n) is 13.2. The van der Waals surface area contributed by atoms with E-state index in [1.54, 1.807) is 6.08 Å². The van der Waals surface area contributed by atoms with Crippen LogP contribution in [0, 0.1) is 5.41 Å². The molecule has 0 aliphatic rings. The van der Waals surface area contributed by atoms with Gasteiger partial charge in [-0.05, 0) is 32.2 Å². The Hall–Kier alpha value is -1.41. The maximum Gasteiger partial charge on any atom is 0.162 e. The van der Waals surface area contributed by atoms with Crippen LogP contribution in [0.15, 0.2) is 36.4 Å². The van der Waals surface area contributed by atoms with E-state index in [-0.39, 0.29) is 11.2 Å². The Kier molecular flexibility index (Phi) is 6.66. The molecule has 0 aliphatic heterocycles. The van der Waals surface area contributed by atoms with Gasteiger partial charge in [0.1, 0.15) is 0 Å². The summed E-state index contributed by atoms with van der Waals surface area (Å²) in [5, 5.41) is 0. The summed E-state index contributed by atoms with van der Waals surface area (Å²) >= 11 is 0. The summed E-state index contributed by atoms with van der Waals surface area (Å²) in [6, 6.07) is 9.98. The van der Waals surface area contributed by atoms with Crippen molar-refractivity contribution < 1.29 is 4.79 Å². The average Bonchev–Trinajstić information content (AvgIpc) is 2.43. The number of hydrogen-bond donors (Lipinski definition) is 0. The average molecular weight is 273 g/mol. The zero-order valence-corrected chi connectivity index (χ0v) is 13.2. The van der Waals surface area contributed by atoms with Crippen molar-refractivity contribution in [1.29, 1.82) is 0 Å². The van der Waals surface area contributed by atoms with E-state index in [9.17, 15) is 4.79 Å². The fourth-order valence-electron chi connectivity index (χ4n) is 2.48. The van der Waals surface area contributed by atoms with Crippen LogP contribution in [-0.4, -0.2) is 31.3 Å². The minimum Gasteiger partial charge on any atom is -0.308 e. The lowest BCUT2D eigenvalue weighted by molar-refractivity contribution is -0.124. The number of hydrogen-bond acceptors (Lipinski definition) is 2. The molecule has 0 aliphatic carbocycles. The van der Waals surface area contributed by atoms with Crippen molar-refractivity contribution in [2.75, 3.05) is 20.6 Å². The van der Waals surface area contributed by atoms with Crippen LogP contribution in [0.4, 0.5) is 0 Å². The molecule has 1 atom stereocenters. The molecule has 0 heterocycles. The Morgan fingerprint density at radius 3 is 2.45 bits per heavy atom. The molecule has 0 spiro atoms. The molecule has 1 unspecified atom stereocenters. The van der Waals surface area contributed by atoms with Crippen molar-refractivity contribution in [3.8, 4) is 0 Å². The minimum absolute atomic E-state index is 0.225. The normalized spacial score (nSPS) is 14.7. The molecule has 1 aromatic carbocycles. The van der Waals surface area contributed by atoms with E-state index in [0.717, 1.165) is 31.4 Å². The van der Waals surface area contributed by atoms with Crippen LogP contribution >= 0.6 is 0 Å². The quantitative estimate of drug-likeness (QED) is 0.667. The third kappa shape index (κ3) is 5.30. The minimum atomic E-state index is -0.287. The van der Waals surface area contributed by atoms with Crippen molar-refractivity contribution >= 4 is 11.9 Å². The largest absolute Gasteiger partial charge is 0.308 e. The van der Waals surface area contributed by atoms with Gasteiger partial charge in [0.25, 0.3) is 0 Å². The van der Waals surface area contributed by atoms with Crippen LogP contribution in [0.2, 0.25) is 0 Å². The Morgan fingerprint density at radius 2 is 1.90 bits per heavy atom. The van der Waals surface area contributed by atoms with Gasteiger partial charge in [-0.15, -0.1) is 0 Å². The van der Waals surface area contributed by atoms with Crippen molar-refractivity contribution in [3.05, 3.63) is 42.0 Å². The van der Waals surface area contributed by atoms with Gasteiger partial charge >= 0.3 is 0 Å². The van der Waals surface area contributed by atoms with Gasteiger partial charge in [-0.2, -0.15) is 0 Å². The Labute approximate surface area is 123 Å². The van der Waals surface area contributed by atoms with E-state index < -0.39 is 0 Å². The van der Waals surface area contributed by atoms with Gasteiger partial charge in [0.2, 0.25) is 0 Å². The van der Waals surface area contributed by atoms with Gasteiger partial charge in [0, 0.05) is 12.0 Å². The number of carbonyl (C=O) groups is 1. The van der Waals surface area contributed by atoms with Gasteiger partial charge in [0.05, 0.1) is 0 Å². The third-order valence-electron chi connectivity index (χ3n) is 3.57. The van der Waals surface area contributed by atoms with Crippen LogP contribution < -0.4 is 0 Å². The third-order valence-corrected chi connectivity index (χ3v) is 3.57. The van der Waals surface area contributed by atoms with Crippen molar-refractivity contribution in [3.63, 3.8) is 0 Å². The van der Waals surface area contributed by atoms with Crippen LogP contribution in [0.1, 0.15) is 38.7 Å². The topological polar surface area (TPSA) is 20.3 Å². The van der Waals surface area contributed by atoms with E-state index >= 15 is 0 Å². The maximum atomic E-state index is 12.6. The van der Waals surface area contributed by atoms with Crippen LogP contribution in [0.5, 0.6) is 0 Å². The molecule has 0 amide bonds. The van der Waals surface area contributed by atoms with E-state index in [2.05, 4.69) is 18.7 Å². The van der Waals surface area contributed by atoms with Crippen LogP contribution in [-0.2, 0) is 4.79 Å². The fourth-order valence-corrected chi connectivity index (χ4v) is 2.48. The SMILES string of the molecule is CCCCC(C)(CN(C)C)C(=O)/C=C/c1ccccc1. The lowest BCUT2D eigenvalue weighted by Gasteiger charge is -2.30. The Balaban J connectivity index is 2.79. The zero-order chi connectivity index (χ0) is 15.0. The first-order valence-corrected chi connectivity index (χ1v) is 7.40. The number of ketones is 1. The van der Waals surface area contributed by atoms with Crippen LogP contribution in [0.3, 0.4) is 0 Å². The number of allylic oxidation sites excluding steroid dienone is 1. The second-order valence-corrected chi connectivity index (χ2v) is 6.01. The van der Waals surface area contributed by atoms with E-state index in [1.807, 2.05) is 50.5 Å². The predicted molar refractivity (Wildman–Crippen MR) is 86.7 cm³/mol. The molecule has 0 saturated heterocycles. The molecule has 0 aromatic heterocycles. The van der Waals surface area contributed by atoms with Gasteiger partial charge < -0.3 is 4.90 Å². The number of unbranched alkanes of at least 4 members (excludes halogenated alkanes) is 1. The lowest BCUT2D eigenvalue weighted by atomic mass is 9.80. The molecule has 2 nitrogen and oxygen atoms in total. The second-order valence-electron chi connectivity index (χ2n) is 6.01. The van der Waals surface area contributed by atoms with Crippen molar-refractivity contribution in [1.82, 2.24) is 4.90 Å². The number of nitrogens with zero attached hydrogens (tertiary/aromatic N) is 1. The number of rotatable bonds is 8. The highest BCUT2D eigenvalue weighted by Crippen LogP contribution is 2.27. The molecule has 0 N–H and O–H groups in total. The van der Waals surface area contributed by atoms with Crippen LogP contribution in [0.25, 0.3) is 6.08 Å². The molecule has 20 heavy (non-hydrogen) atoms. The molecule has 2 heteroatoms. The first-order valence-electron chi connectivity index (χ1n) is 7.40. The molecule has 0 fully saturated rings. The number of benzene rings is 1. The van der Waals surface area contributed by atoms with Gasteiger partial charge in [0.15, 0.2) is 5.78 Å². The first kappa shape index (κ1) is 16.6. The summed E-state index contributed by atoms with van der Waals surface area (Å²) in [5.41, 5.74) is 0.786. The van der Waals surface area contributed by atoms with Gasteiger partial charge in [-0.25, -0.2) is 0 Å². The summed E-state index contributed by atoms with van der Waals surface area (Å²) in [7, 11) is 4.05. The monoisotopic (exact) mass is 273 g/mol. The van der Waals surface area contributed by atoms with Gasteiger partial charge in [-0.3, -0.25) is 4.79 Å². The fraction of sp³-hybridized carbons (Fsp3) is 0.500. The predicted octanol–water partition coefficient (Wildman–Crippen LogP) is 4.03. The smallest absolute Gasteiger partial charge is 0.162 e. The Bertz CT molecular complexity index is 436. The maximum absolute atomic E-state index is 12.6. The van der Waals surface area contributed by atoms with E-state index in [1.165, 1.54) is 0 Å². The summed E-state index contributed by atoms with van der Waals surface area (Å²) < 4.78 is 0. The Morgan fingerprint density at radius 1 is 1.25 bits per heavy atom. The molecule has 1 aromatic rings. The standard InChI is InChI=1S/C18H27NO/c1-5-6-14-18(2,15-19(3)4)17(20)13-12-16-10-8-7-9-11-16/h7-13H,5-6,14-15H2,1-4H3/b13-12+. The van der Waals surface area contributed by atoms with Gasteiger partial charge in [-0.1, -0.05) is 63.1 Å². The highest BCUT2D eigenvalue weighted by molar-refractivity contribution is 5.98. The summed E-state index contributed by atoms with van der Waals surface area (Å²) in [5.74, 6) is 0.225. The summed E-state index contributed by atoms with van der Waals surface area (Å²) in [6.07, 6.45) is 6.82. The highest BCUT2D eigenvalue weighted by Gasteiger charge is 2.31. The first-order chi connectivity index (χ1) is 9.48. The number of carbonyl (C=O) groups excluding carboxylic acids is 1. The lowest BCUT2D eigenvalue weighted by Crippen LogP contribution is -2.37. The second kappa shape index (κ2) is 8.01. The van der Waals surface area contributed by atoms with Crippen molar-refractivity contribution in [2.24, 2.45) is 5.41 Å². The molecule has 1 rings (SSSR count). The highest BCUT2D eigenvalue weighted by atomic mass is 16.1. The van der Waals surface area contributed by atoms with E-state index in [0.29, 0.717) is 0 Å². The van der Waals surface area contributed by atoms with E-state index in [4.69, 9.17) is 0 Å². The molecular weight excluding hydrogens is 246 g/mol. The summed E-state index contributed by atoms with van der Waals surface area (Å²) in [6.45, 7) is 5.05. The molecular formula is C18H27NO. The molecule has 0 radical (unpaired) electrons. The van der Waals surface area contributed by atoms with Crippen molar-refractivity contribution in [2.45, 2.75) is 33.1 Å². The summed E-state index contributed by atoms with van der Waals surface area (Å²) in [4.78, 5) is 14.7.